The molecule has 2 N–H and O–H groups in total. The third kappa shape index (κ3) is 9.58. The van der Waals surface area contributed by atoms with Crippen molar-refractivity contribution in [3.05, 3.63) is 59.5 Å². The normalized spacial score (nSPS) is 15.6. The van der Waals surface area contributed by atoms with Gasteiger partial charge in [-0.25, -0.2) is 13.8 Å². The van der Waals surface area contributed by atoms with Gasteiger partial charge in [0.2, 0.25) is 0 Å². The first-order chi connectivity index (χ1) is 15.5. The van der Waals surface area contributed by atoms with Crippen LogP contribution in [0.5, 0.6) is 0 Å². The molecule has 0 radical (unpaired) electrons. The number of rotatable bonds is 10. The molecule has 0 aliphatic carbocycles. The van der Waals surface area contributed by atoms with Crippen molar-refractivity contribution in [1.82, 2.24) is 20.4 Å². The molecule has 2 aromatic rings. The number of alkyl halides is 2. The van der Waals surface area contributed by atoms with Crippen LogP contribution in [0.2, 0.25) is 0 Å². The van der Waals surface area contributed by atoms with E-state index in [1.807, 2.05) is 30.0 Å². The maximum absolute atomic E-state index is 12.6. The first kappa shape index (κ1) is 27.5. The van der Waals surface area contributed by atoms with Crippen LogP contribution in [0.4, 0.5) is 8.78 Å². The fraction of sp³-hybridized carbons (Fsp3) is 0.542. The number of nitrogens with zero attached hydrogens (tertiary/aromatic N) is 3. The lowest BCUT2D eigenvalue weighted by atomic mass is 10.1. The van der Waals surface area contributed by atoms with Gasteiger partial charge in [-0.3, -0.25) is 9.80 Å². The largest absolute Gasteiger partial charge is 0.468 e. The fourth-order valence-electron chi connectivity index (χ4n) is 4.01. The van der Waals surface area contributed by atoms with Crippen LogP contribution in [0, 0.1) is 0 Å². The van der Waals surface area contributed by atoms with Crippen molar-refractivity contribution in [3.8, 4) is 0 Å². The number of likely N-dealkylation sites (tertiary alicyclic amines) is 1. The topological polar surface area (TPSA) is 56.0 Å². The molecule has 3 rings (SSSR count). The highest BCUT2D eigenvalue weighted by Crippen LogP contribution is 2.15. The van der Waals surface area contributed by atoms with Gasteiger partial charge in [0.15, 0.2) is 5.96 Å². The van der Waals surface area contributed by atoms with Crippen molar-refractivity contribution in [3.63, 3.8) is 0 Å². The molecule has 0 atom stereocenters. The average molecular weight is 575 g/mol. The van der Waals surface area contributed by atoms with Gasteiger partial charge in [0.05, 0.1) is 25.9 Å². The van der Waals surface area contributed by atoms with Crippen molar-refractivity contribution < 1.29 is 13.2 Å². The second-order valence-corrected chi connectivity index (χ2v) is 8.33. The molecule has 184 valence electrons. The minimum atomic E-state index is -2.27. The van der Waals surface area contributed by atoms with Gasteiger partial charge >= 0.3 is 0 Å². The van der Waals surface area contributed by atoms with E-state index in [9.17, 15) is 8.78 Å². The van der Waals surface area contributed by atoms with Crippen molar-refractivity contribution in [2.75, 3.05) is 33.2 Å². The number of benzene rings is 1. The van der Waals surface area contributed by atoms with Crippen LogP contribution in [0.3, 0.4) is 0 Å². The molecule has 9 heteroatoms. The summed E-state index contributed by atoms with van der Waals surface area (Å²) in [4.78, 5) is 8.87. The standard InChI is InChI=1S/C24H35F2N5O.HI/c1-3-27-24(29-21-10-12-31(13-11-21)18-23(25)26)28-15-19-7-4-5-8-20(19)16-30(2)17-22-9-6-14-32-22;/h4-9,14,21,23H,3,10-13,15-18H2,1-2H3,(H2,27,28,29);1H. The van der Waals surface area contributed by atoms with Gasteiger partial charge in [-0.05, 0) is 50.1 Å². The van der Waals surface area contributed by atoms with E-state index in [4.69, 9.17) is 9.41 Å². The highest BCUT2D eigenvalue weighted by Gasteiger charge is 2.22. The number of nitrogens with one attached hydrogen (secondary N) is 2. The smallest absolute Gasteiger partial charge is 0.251 e. The Morgan fingerprint density at radius 1 is 1.15 bits per heavy atom. The minimum Gasteiger partial charge on any atom is -0.468 e. The van der Waals surface area contributed by atoms with Crippen LogP contribution in [0.1, 0.15) is 36.7 Å². The highest BCUT2D eigenvalue weighted by molar-refractivity contribution is 14.0. The molecule has 2 heterocycles. The summed E-state index contributed by atoms with van der Waals surface area (Å²) in [5.74, 6) is 1.72. The summed E-state index contributed by atoms with van der Waals surface area (Å²) in [7, 11) is 2.08. The molecule has 0 amide bonds. The van der Waals surface area contributed by atoms with E-state index in [2.05, 4.69) is 40.8 Å². The van der Waals surface area contributed by atoms with E-state index in [0.29, 0.717) is 19.6 Å². The predicted molar refractivity (Wildman–Crippen MR) is 139 cm³/mol. The molecule has 1 aromatic carbocycles. The van der Waals surface area contributed by atoms with E-state index in [1.54, 1.807) is 6.26 Å². The Morgan fingerprint density at radius 2 is 1.88 bits per heavy atom. The van der Waals surface area contributed by atoms with Gasteiger partial charge < -0.3 is 15.1 Å². The van der Waals surface area contributed by atoms with Gasteiger partial charge in [-0.1, -0.05) is 24.3 Å². The third-order valence-corrected chi connectivity index (χ3v) is 5.64. The zero-order valence-corrected chi connectivity index (χ0v) is 21.8. The monoisotopic (exact) mass is 575 g/mol. The SMILES string of the molecule is CCNC(=NCc1ccccc1CN(C)Cc1ccco1)NC1CCN(CC(F)F)CC1.I. The summed E-state index contributed by atoms with van der Waals surface area (Å²) in [6.07, 6.45) is 1.11. The van der Waals surface area contributed by atoms with Crippen molar-refractivity contribution in [1.29, 1.82) is 0 Å². The Hall–Kier alpha value is -1.72. The maximum atomic E-state index is 12.6. The van der Waals surface area contributed by atoms with Crippen molar-refractivity contribution >= 4 is 29.9 Å². The van der Waals surface area contributed by atoms with Crippen LogP contribution >= 0.6 is 24.0 Å². The molecule has 0 bridgehead atoms. The van der Waals surface area contributed by atoms with E-state index in [1.165, 1.54) is 11.1 Å². The van der Waals surface area contributed by atoms with Gasteiger partial charge in [0.1, 0.15) is 5.76 Å². The summed E-state index contributed by atoms with van der Waals surface area (Å²) in [5.41, 5.74) is 2.42. The van der Waals surface area contributed by atoms with Gasteiger partial charge in [0, 0.05) is 32.2 Å². The molecular weight excluding hydrogens is 539 g/mol. The van der Waals surface area contributed by atoms with E-state index in [0.717, 1.165) is 44.2 Å². The lowest BCUT2D eigenvalue weighted by Gasteiger charge is -2.32. The first-order valence-electron chi connectivity index (χ1n) is 11.4. The number of furan rings is 1. The molecule has 1 fully saturated rings. The van der Waals surface area contributed by atoms with Crippen LogP contribution in [0.25, 0.3) is 0 Å². The van der Waals surface area contributed by atoms with Crippen molar-refractivity contribution in [2.45, 2.75) is 51.9 Å². The summed E-state index contributed by atoms with van der Waals surface area (Å²) in [6, 6.07) is 12.5. The number of hydrogen-bond donors (Lipinski definition) is 2. The Balaban J connectivity index is 0.00000385. The van der Waals surface area contributed by atoms with Crippen molar-refractivity contribution in [2.24, 2.45) is 4.99 Å². The van der Waals surface area contributed by atoms with E-state index in [-0.39, 0.29) is 36.6 Å². The highest BCUT2D eigenvalue weighted by atomic mass is 127. The Labute approximate surface area is 212 Å². The molecule has 1 aliphatic heterocycles. The Kier molecular flexibility index (Phi) is 12.1. The van der Waals surface area contributed by atoms with Gasteiger partial charge in [0.25, 0.3) is 6.43 Å². The second-order valence-electron chi connectivity index (χ2n) is 8.33. The van der Waals surface area contributed by atoms with Gasteiger partial charge in [-0.2, -0.15) is 0 Å². The zero-order chi connectivity index (χ0) is 22.8. The maximum Gasteiger partial charge on any atom is 0.251 e. The zero-order valence-electron chi connectivity index (χ0n) is 19.5. The molecule has 1 aromatic heterocycles. The van der Waals surface area contributed by atoms with Gasteiger partial charge in [-0.15, -0.1) is 24.0 Å². The van der Waals surface area contributed by atoms with Crippen LogP contribution in [-0.2, 0) is 19.6 Å². The fourth-order valence-corrected chi connectivity index (χ4v) is 4.01. The summed E-state index contributed by atoms with van der Waals surface area (Å²) in [6.45, 7) is 6.18. The molecule has 33 heavy (non-hydrogen) atoms. The quantitative estimate of drug-likeness (QED) is 0.251. The lowest BCUT2D eigenvalue weighted by molar-refractivity contribution is 0.0744. The number of guanidine groups is 1. The van der Waals surface area contributed by atoms with Crippen LogP contribution in [0.15, 0.2) is 52.1 Å². The summed E-state index contributed by atoms with van der Waals surface area (Å²) >= 11 is 0. The van der Waals surface area contributed by atoms with Crippen LogP contribution < -0.4 is 10.6 Å². The number of hydrogen-bond acceptors (Lipinski definition) is 4. The average Bonchev–Trinajstić information content (AvgIpc) is 3.27. The number of piperidine rings is 1. The Morgan fingerprint density at radius 3 is 2.52 bits per heavy atom. The summed E-state index contributed by atoms with van der Waals surface area (Å²) < 4.78 is 30.7. The number of halogens is 3. The molecule has 1 aliphatic rings. The van der Waals surface area contributed by atoms with E-state index >= 15 is 0 Å². The second kappa shape index (κ2) is 14.5. The number of aliphatic imine (C=N–C) groups is 1. The molecule has 6 nitrogen and oxygen atoms in total. The lowest BCUT2D eigenvalue weighted by Crippen LogP contribution is -2.49. The third-order valence-electron chi connectivity index (χ3n) is 5.64. The molecule has 0 spiro atoms. The predicted octanol–water partition coefficient (Wildman–Crippen LogP) is 4.31. The Bertz CT molecular complexity index is 826. The minimum absolute atomic E-state index is 0. The summed E-state index contributed by atoms with van der Waals surface area (Å²) in [5, 5.41) is 6.81. The molecule has 0 saturated carbocycles. The van der Waals surface area contributed by atoms with E-state index < -0.39 is 6.43 Å². The van der Waals surface area contributed by atoms with Crippen LogP contribution in [-0.4, -0.2) is 61.5 Å². The molecule has 0 unspecified atom stereocenters. The first-order valence-corrected chi connectivity index (χ1v) is 11.4. The molecule has 1 saturated heterocycles. The molecular formula is C24H36F2IN5O.